The Hall–Kier alpha value is -0.670. The smallest absolute Gasteiger partial charge is 0.319 e. The summed E-state index contributed by atoms with van der Waals surface area (Å²) in [5.41, 5.74) is 0. The fraction of sp³-hybridized carbons (Fsp3) is 0.462. The van der Waals surface area contributed by atoms with Gasteiger partial charge >= 0.3 is 5.97 Å². The molecule has 2 nitrogen and oxygen atoms in total. The fourth-order valence-corrected chi connectivity index (χ4v) is 3.24. The van der Waals surface area contributed by atoms with E-state index in [-0.39, 0.29) is 11.2 Å². The summed E-state index contributed by atoms with van der Waals surface area (Å²) in [6.07, 6.45) is 2.12. The van der Waals surface area contributed by atoms with Gasteiger partial charge in [0.2, 0.25) is 0 Å². The number of carbonyl (C=O) groups is 1. The highest BCUT2D eigenvalue weighted by molar-refractivity contribution is 8.00. The molecule has 0 amide bonds. The van der Waals surface area contributed by atoms with Gasteiger partial charge in [-0.15, -0.1) is 11.8 Å². The Bertz CT molecular complexity index is 391. The molecule has 4 heteroatoms. The molecule has 1 aromatic carbocycles. The van der Waals surface area contributed by atoms with Crippen molar-refractivity contribution in [3.05, 3.63) is 29.3 Å². The van der Waals surface area contributed by atoms with Crippen LogP contribution in [-0.4, -0.2) is 17.8 Å². The molecule has 1 saturated heterocycles. The number of halogens is 1. The van der Waals surface area contributed by atoms with Gasteiger partial charge in [-0.2, -0.15) is 0 Å². The molecule has 17 heavy (non-hydrogen) atoms. The lowest BCUT2D eigenvalue weighted by atomic mass is 10.0. The van der Waals surface area contributed by atoms with Crippen molar-refractivity contribution in [2.45, 2.75) is 29.9 Å². The first-order valence-electron chi connectivity index (χ1n) is 5.79. The maximum atomic E-state index is 11.7. The van der Waals surface area contributed by atoms with E-state index in [1.54, 1.807) is 11.8 Å². The number of benzene rings is 1. The molecule has 0 aromatic heterocycles. The molecule has 0 saturated carbocycles. The number of rotatable bonds is 4. The maximum absolute atomic E-state index is 11.7. The van der Waals surface area contributed by atoms with Crippen LogP contribution in [0, 0.1) is 5.92 Å². The third-order valence-corrected chi connectivity index (χ3v) is 4.46. The maximum Gasteiger partial charge on any atom is 0.319 e. The Labute approximate surface area is 111 Å². The molecule has 2 rings (SSSR count). The average molecular weight is 271 g/mol. The Kier molecular flexibility index (Phi) is 4.35. The number of thioether (sulfide) groups is 1. The summed E-state index contributed by atoms with van der Waals surface area (Å²) >= 11 is 7.42. The summed E-state index contributed by atoms with van der Waals surface area (Å²) in [7, 11) is 0. The lowest BCUT2D eigenvalue weighted by Gasteiger charge is -2.13. The van der Waals surface area contributed by atoms with Crippen LogP contribution in [0.1, 0.15) is 19.8 Å². The van der Waals surface area contributed by atoms with E-state index in [0.717, 1.165) is 17.7 Å². The highest BCUT2D eigenvalue weighted by Crippen LogP contribution is 2.35. The van der Waals surface area contributed by atoms with E-state index in [2.05, 4.69) is 6.92 Å². The zero-order valence-electron chi connectivity index (χ0n) is 9.69. The zero-order valence-corrected chi connectivity index (χ0v) is 11.3. The van der Waals surface area contributed by atoms with Crippen LogP contribution in [0.2, 0.25) is 5.02 Å². The number of hydrogen-bond donors (Lipinski definition) is 0. The van der Waals surface area contributed by atoms with Crippen molar-refractivity contribution >= 4 is 29.3 Å². The molecule has 0 aliphatic carbocycles. The first-order chi connectivity index (χ1) is 8.20. The average Bonchev–Trinajstić information content (AvgIpc) is 2.65. The van der Waals surface area contributed by atoms with Crippen molar-refractivity contribution in [3.63, 3.8) is 0 Å². The van der Waals surface area contributed by atoms with Gasteiger partial charge in [0.05, 0.1) is 6.61 Å². The highest BCUT2D eigenvalue weighted by atomic mass is 35.5. The van der Waals surface area contributed by atoms with E-state index in [4.69, 9.17) is 16.3 Å². The van der Waals surface area contributed by atoms with Gasteiger partial charge in [0, 0.05) is 15.8 Å². The molecule has 2 atom stereocenters. The predicted octanol–water partition coefficient (Wildman–Crippen LogP) is 3.77. The number of ether oxygens (including phenoxy) is 1. The Morgan fingerprint density at radius 1 is 1.41 bits per heavy atom. The lowest BCUT2D eigenvalue weighted by molar-refractivity contribution is -0.137. The van der Waals surface area contributed by atoms with Crippen molar-refractivity contribution in [1.82, 2.24) is 0 Å². The summed E-state index contributed by atoms with van der Waals surface area (Å²) in [6.45, 7) is 2.70. The molecule has 1 aliphatic rings. The van der Waals surface area contributed by atoms with Crippen LogP contribution in [-0.2, 0) is 9.53 Å². The zero-order chi connectivity index (χ0) is 12.3. The molecule has 1 aromatic rings. The first kappa shape index (κ1) is 12.8. The Morgan fingerprint density at radius 3 is 2.76 bits per heavy atom. The van der Waals surface area contributed by atoms with E-state index >= 15 is 0 Å². The molecule has 92 valence electrons. The molecule has 1 fully saturated rings. The van der Waals surface area contributed by atoms with Crippen molar-refractivity contribution in [2.24, 2.45) is 5.92 Å². The molecule has 2 unspecified atom stereocenters. The number of esters is 1. The minimum absolute atomic E-state index is 0.0591. The monoisotopic (exact) mass is 270 g/mol. The van der Waals surface area contributed by atoms with Crippen LogP contribution in [0.4, 0.5) is 0 Å². The van der Waals surface area contributed by atoms with Crippen LogP contribution in [0.5, 0.6) is 0 Å². The summed E-state index contributed by atoms with van der Waals surface area (Å²) in [5.74, 6) is 0.261. The third-order valence-electron chi connectivity index (χ3n) is 2.84. The van der Waals surface area contributed by atoms with Crippen molar-refractivity contribution in [2.75, 3.05) is 6.61 Å². The van der Waals surface area contributed by atoms with E-state index < -0.39 is 0 Å². The minimum atomic E-state index is -0.0802. The normalized spacial score (nSPS) is 23.8. The van der Waals surface area contributed by atoms with Gasteiger partial charge in [-0.25, -0.2) is 0 Å². The Balaban J connectivity index is 2.05. The number of hydrogen-bond acceptors (Lipinski definition) is 3. The van der Waals surface area contributed by atoms with E-state index in [1.165, 1.54) is 0 Å². The van der Waals surface area contributed by atoms with Gasteiger partial charge in [-0.1, -0.05) is 24.9 Å². The van der Waals surface area contributed by atoms with Gasteiger partial charge < -0.3 is 4.74 Å². The van der Waals surface area contributed by atoms with Crippen LogP contribution in [0.15, 0.2) is 29.2 Å². The SMILES string of the molecule is CCCC1COC(=O)C1Sc1ccc(Cl)cc1. The predicted molar refractivity (Wildman–Crippen MR) is 70.5 cm³/mol. The highest BCUT2D eigenvalue weighted by Gasteiger charge is 2.36. The molecule has 0 radical (unpaired) electrons. The van der Waals surface area contributed by atoms with Gasteiger partial charge in [-0.3, -0.25) is 4.79 Å². The molecule has 0 N–H and O–H groups in total. The second-order valence-electron chi connectivity index (χ2n) is 4.17. The quantitative estimate of drug-likeness (QED) is 0.779. The minimum Gasteiger partial charge on any atom is -0.464 e. The van der Waals surface area contributed by atoms with E-state index in [9.17, 15) is 4.79 Å². The molecule has 1 aliphatic heterocycles. The number of cyclic esters (lactones) is 1. The third kappa shape index (κ3) is 3.17. The summed E-state index contributed by atoms with van der Waals surface area (Å²) in [5, 5.41) is 0.657. The van der Waals surface area contributed by atoms with Gasteiger partial charge in [-0.05, 0) is 30.7 Å². The van der Waals surface area contributed by atoms with Crippen molar-refractivity contribution in [1.29, 1.82) is 0 Å². The second-order valence-corrected chi connectivity index (χ2v) is 5.82. The summed E-state index contributed by atoms with van der Waals surface area (Å²) in [4.78, 5) is 12.7. The second kappa shape index (κ2) is 5.78. The first-order valence-corrected chi connectivity index (χ1v) is 7.05. The molecule has 1 heterocycles. The van der Waals surface area contributed by atoms with Crippen LogP contribution < -0.4 is 0 Å². The van der Waals surface area contributed by atoms with Crippen LogP contribution in [0.25, 0.3) is 0 Å². The largest absolute Gasteiger partial charge is 0.464 e. The van der Waals surface area contributed by atoms with Gasteiger partial charge in [0.25, 0.3) is 0 Å². The Morgan fingerprint density at radius 2 is 2.12 bits per heavy atom. The summed E-state index contributed by atoms with van der Waals surface area (Å²) in [6, 6.07) is 7.58. The van der Waals surface area contributed by atoms with Crippen molar-refractivity contribution in [3.8, 4) is 0 Å². The summed E-state index contributed by atoms with van der Waals surface area (Å²) < 4.78 is 5.14. The van der Waals surface area contributed by atoms with Crippen LogP contribution >= 0.6 is 23.4 Å². The fourth-order valence-electron chi connectivity index (χ4n) is 1.96. The van der Waals surface area contributed by atoms with Gasteiger partial charge in [0.15, 0.2) is 0 Å². The lowest BCUT2D eigenvalue weighted by Crippen LogP contribution is -2.18. The van der Waals surface area contributed by atoms with E-state index in [0.29, 0.717) is 17.5 Å². The molecular formula is C13H15ClO2S. The standard InChI is InChI=1S/C13H15ClO2S/c1-2-3-9-8-16-13(15)12(9)17-11-6-4-10(14)5-7-11/h4-7,9,12H,2-3,8H2,1H3. The van der Waals surface area contributed by atoms with Crippen molar-refractivity contribution < 1.29 is 9.53 Å². The molecule has 0 bridgehead atoms. The van der Waals surface area contributed by atoms with Gasteiger partial charge in [0.1, 0.15) is 5.25 Å². The molecule has 0 spiro atoms. The number of carbonyl (C=O) groups excluding carboxylic acids is 1. The van der Waals surface area contributed by atoms with Crippen LogP contribution in [0.3, 0.4) is 0 Å². The molecular weight excluding hydrogens is 256 g/mol. The van der Waals surface area contributed by atoms with E-state index in [1.807, 2.05) is 24.3 Å². The topological polar surface area (TPSA) is 26.3 Å².